The smallest absolute Gasteiger partial charge is 0.315 e. The van der Waals surface area contributed by atoms with Crippen LogP contribution < -0.4 is 0 Å². The van der Waals surface area contributed by atoms with Crippen LogP contribution in [0.1, 0.15) is 50.5 Å². The van der Waals surface area contributed by atoms with Crippen molar-refractivity contribution in [1.82, 2.24) is 9.97 Å². The maximum atomic E-state index is 11.3. The first-order valence-corrected chi connectivity index (χ1v) is 5.63. The summed E-state index contributed by atoms with van der Waals surface area (Å²) >= 11 is 0. The zero-order chi connectivity index (χ0) is 11.8. The fourth-order valence-corrected chi connectivity index (χ4v) is 2.03. The highest BCUT2D eigenvalue weighted by molar-refractivity contribution is 5.81. The third-order valence-electron chi connectivity index (χ3n) is 3.30. The van der Waals surface area contributed by atoms with E-state index in [4.69, 9.17) is 0 Å². The fraction of sp³-hybridized carbons (Fsp3) is 0.583. The van der Waals surface area contributed by atoms with Crippen molar-refractivity contribution in [1.29, 1.82) is 0 Å². The number of aliphatic carboxylic acids is 1. The van der Waals surface area contributed by atoms with E-state index in [2.05, 4.69) is 9.97 Å². The van der Waals surface area contributed by atoms with Gasteiger partial charge in [0.2, 0.25) is 0 Å². The molecule has 86 valence electrons. The number of carbonyl (C=O) groups is 1. The Hall–Kier alpha value is -1.45. The Balaban J connectivity index is 2.39. The maximum Gasteiger partial charge on any atom is 0.315 e. The lowest BCUT2D eigenvalue weighted by atomic mass is 9.66. The van der Waals surface area contributed by atoms with Crippen LogP contribution in [0.3, 0.4) is 0 Å². The van der Waals surface area contributed by atoms with Crippen LogP contribution >= 0.6 is 0 Å². The lowest BCUT2D eigenvalue weighted by molar-refractivity contribution is -0.147. The van der Waals surface area contributed by atoms with Crippen LogP contribution in [0.25, 0.3) is 0 Å². The van der Waals surface area contributed by atoms with E-state index in [0.29, 0.717) is 18.5 Å². The second-order valence-electron chi connectivity index (χ2n) is 4.70. The molecule has 1 aromatic rings. The van der Waals surface area contributed by atoms with Crippen LogP contribution in [0.15, 0.2) is 12.3 Å². The molecule has 1 aliphatic rings. The number of nitrogens with zero attached hydrogens (tertiary/aromatic N) is 2. The van der Waals surface area contributed by atoms with Crippen molar-refractivity contribution < 1.29 is 9.90 Å². The van der Waals surface area contributed by atoms with Crippen molar-refractivity contribution in [3.8, 4) is 0 Å². The summed E-state index contributed by atoms with van der Waals surface area (Å²) in [5, 5.41) is 9.31. The van der Waals surface area contributed by atoms with Gasteiger partial charge in [0.25, 0.3) is 0 Å². The van der Waals surface area contributed by atoms with Gasteiger partial charge in [-0.25, -0.2) is 9.97 Å². The van der Waals surface area contributed by atoms with E-state index in [1.165, 1.54) is 0 Å². The molecule has 2 rings (SSSR count). The third-order valence-corrected chi connectivity index (χ3v) is 3.30. The minimum absolute atomic E-state index is 0.228. The van der Waals surface area contributed by atoms with Gasteiger partial charge in [-0.1, -0.05) is 20.3 Å². The fourth-order valence-electron chi connectivity index (χ4n) is 2.03. The van der Waals surface area contributed by atoms with Crippen molar-refractivity contribution >= 4 is 5.97 Å². The number of carboxylic acid groups (broad SMARTS) is 1. The number of carboxylic acids is 1. The van der Waals surface area contributed by atoms with Gasteiger partial charge in [-0.3, -0.25) is 4.79 Å². The standard InChI is InChI=1S/C12H16N2O2/c1-8(2)10-13-7-4-9(14-10)12(11(15)16)5-3-6-12/h4,7-8H,3,5-6H2,1-2H3,(H,15,16). The second kappa shape index (κ2) is 3.85. The molecule has 1 saturated carbocycles. The Labute approximate surface area is 94.7 Å². The predicted octanol–water partition coefficient (Wildman–Crippen LogP) is 2.11. The molecule has 0 saturated heterocycles. The molecule has 0 aromatic carbocycles. The first-order valence-electron chi connectivity index (χ1n) is 5.63. The van der Waals surface area contributed by atoms with Crippen molar-refractivity contribution in [3.05, 3.63) is 23.8 Å². The minimum Gasteiger partial charge on any atom is -0.481 e. The highest BCUT2D eigenvalue weighted by Gasteiger charge is 2.47. The van der Waals surface area contributed by atoms with Crippen LogP contribution in [-0.2, 0) is 10.2 Å². The summed E-state index contributed by atoms with van der Waals surface area (Å²) in [5.41, 5.74) is -0.0722. The first kappa shape index (κ1) is 11.0. The van der Waals surface area contributed by atoms with E-state index in [1.807, 2.05) is 13.8 Å². The summed E-state index contributed by atoms with van der Waals surface area (Å²) in [6.07, 6.45) is 4.02. The summed E-state index contributed by atoms with van der Waals surface area (Å²) in [6.45, 7) is 4.01. The van der Waals surface area contributed by atoms with Gasteiger partial charge in [-0.2, -0.15) is 0 Å². The van der Waals surface area contributed by atoms with Crippen LogP contribution in [-0.4, -0.2) is 21.0 Å². The molecular weight excluding hydrogens is 204 g/mol. The molecule has 1 heterocycles. The molecule has 0 amide bonds. The third kappa shape index (κ3) is 1.58. The maximum absolute atomic E-state index is 11.3. The average molecular weight is 220 g/mol. The molecular formula is C12H16N2O2. The summed E-state index contributed by atoms with van der Waals surface area (Å²) in [6, 6.07) is 1.74. The molecule has 4 heteroatoms. The average Bonchev–Trinajstić information content (AvgIpc) is 2.15. The molecule has 0 bridgehead atoms. The van der Waals surface area contributed by atoms with Gasteiger partial charge in [0.15, 0.2) is 0 Å². The summed E-state index contributed by atoms with van der Waals surface area (Å²) < 4.78 is 0. The largest absolute Gasteiger partial charge is 0.481 e. The van der Waals surface area contributed by atoms with Crippen molar-refractivity contribution in [2.45, 2.75) is 44.4 Å². The Morgan fingerprint density at radius 2 is 2.19 bits per heavy atom. The molecule has 0 radical (unpaired) electrons. The highest BCUT2D eigenvalue weighted by Crippen LogP contribution is 2.43. The molecule has 16 heavy (non-hydrogen) atoms. The highest BCUT2D eigenvalue weighted by atomic mass is 16.4. The number of rotatable bonds is 3. The van der Waals surface area contributed by atoms with Gasteiger partial charge >= 0.3 is 5.97 Å². The Morgan fingerprint density at radius 1 is 1.50 bits per heavy atom. The van der Waals surface area contributed by atoms with Crippen molar-refractivity contribution in [2.24, 2.45) is 0 Å². The molecule has 0 atom stereocenters. The van der Waals surface area contributed by atoms with E-state index < -0.39 is 11.4 Å². The summed E-state index contributed by atoms with van der Waals surface area (Å²) in [5.74, 6) is 0.197. The lowest BCUT2D eigenvalue weighted by Crippen LogP contribution is -2.43. The van der Waals surface area contributed by atoms with Crippen LogP contribution in [0.5, 0.6) is 0 Å². The van der Waals surface area contributed by atoms with Gasteiger partial charge in [-0.15, -0.1) is 0 Å². The van der Waals surface area contributed by atoms with Gasteiger partial charge < -0.3 is 5.11 Å². The predicted molar refractivity (Wildman–Crippen MR) is 59.3 cm³/mol. The number of hydrogen-bond donors (Lipinski definition) is 1. The van der Waals surface area contributed by atoms with Crippen molar-refractivity contribution in [2.75, 3.05) is 0 Å². The van der Waals surface area contributed by atoms with Crippen LogP contribution in [0, 0.1) is 0 Å². The minimum atomic E-state index is -0.757. The molecule has 4 nitrogen and oxygen atoms in total. The van der Waals surface area contributed by atoms with Gasteiger partial charge in [0.1, 0.15) is 11.2 Å². The molecule has 0 aliphatic heterocycles. The molecule has 0 unspecified atom stereocenters. The first-order chi connectivity index (χ1) is 7.56. The lowest BCUT2D eigenvalue weighted by Gasteiger charge is -2.37. The number of hydrogen-bond acceptors (Lipinski definition) is 3. The van der Waals surface area contributed by atoms with Gasteiger partial charge in [0.05, 0.1) is 5.69 Å². The topological polar surface area (TPSA) is 63.1 Å². The monoisotopic (exact) mass is 220 g/mol. The summed E-state index contributed by atoms with van der Waals surface area (Å²) in [4.78, 5) is 19.9. The quantitative estimate of drug-likeness (QED) is 0.847. The van der Waals surface area contributed by atoms with Crippen LogP contribution in [0.4, 0.5) is 0 Å². The SMILES string of the molecule is CC(C)c1nccc(C2(C(=O)O)CCC2)n1. The Morgan fingerprint density at radius 3 is 2.62 bits per heavy atom. The van der Waals surface area contributed by atoms with Gasteiger partial charge in [-0.05, 0) is 18.9 Å². The second-order valence-corrected chi connectivity index (χ2v) is 4.70. The van der Waals surface area contributed by atoms with E-state index in [0.717, 1.165) is 12.2 Å². The number of aromatic nitrogens is 2. The molecule has 1 N–H and O–H groups in total. The molecule has 0 spiro atoms. The van der Waals surface area contributed by atoms with E-state index in [1.54, 1.807) is 12.3 Å². The van der Waals surface area contributed by atoms with Gasteiger partial charge in [0, 0.05) is 12.1 Å². The molecule has 1 fully saturated rings. The van der Waals surface area contributed by atoms with E-state index >= 15 is 0 Å². The zero-order valence-electron chi connectivity index (χ0n) is 9.60. The Kier molecular flexibility index (Phi) is 2.66. The Bertz CT molecular complexity index is 411. The zero-order valence-corrected chi connectivity index (χ0v) is 9.60. The van der Waals surface area contributed by atoms with Crippen LogP contribution in [0.2, 0.25) is 0 Å². The summed E-state index contributed by atoms with van der Waals surface area (Å²) in [7, 11) is 0. The van der Waals surface area contributed by atoms with E-state index in [-0.39, 0.29) is 5.92 Å². The van der Waals surface area contributed by atoms with E-state index in [9.17, 15) is 9.90 Å². The molecule has 1 aromatic heterocycles. The van der Waals surface area contributed by atoms with Crippen molar-refractivity contribution in [3.63, 3.8) is 0 Å². The normalized spacial score (nSPS) is 18.2. The molecule has 1 aliphatic carbocycles.